The molecule has 0 spiro atoms. The summed E-state index contributed by atoms with van der Waals surface area (Å²) in [5.74, 6) is -0.380. The summed E-state index contributed by atoms with van der Waals surface area (Å²) in [6.07, 6.45) is 0.352. The summed E-state index contributed by atoms with van der Waals surface area (Å²) in [6, 6.07) is 16.5. The van der Waals surface area contributed by atoms with Gasteiger partial charge >= 0.3 is 0 Å². The molecule has 0 aliphatic carbocycles. The van der Waals surface area contributed by atoms with Crippen LogP contribution in [0.5, 0.6) is 0 Å². The van der Waals surface area contributed by atoms with Crippen LogP contribution in [-0.4, -0.2) is 5.91 Å². The lowest BCUT2D eigenvalue weighted by atomic mass is 9.89. The molecule has 1 aliphatic heterocycles. The highest BCUT2D eigenvalue weighted by molar-refractivity contribution is 7.11. The number of hydrogen-bond donors (Lipinski definition) is 1. The molecule has 23 heavy (non-hydrogen) atoms. The standard InChI is InChI=1S/C19H14FNOS/c20-14-8-4-7-13(9-14)15-10-17(22)21-18-16(11-23-19(15)18)12-5-2-1-3-6-12/h1-9,11,15H,10H2,(H,21,22)/t15-/m0/s1. The molecule has 4 rings (SSSR count). The molecular weight excluding hydrogens is 309 g/mol. The van der Waals surface area contributed by atoms with Crippen molar-refractivity contribution in [3.63, 3.8) is 0 Å². The van der Waals surface area contributed by atoms with Gasteiger partial charge in [0.2, 0.25) is 5.91 Å². The highest BCUT2D eigenvalue weighted by atomic mass is 32.1. The Morgan fingerprint density at radius 2 is 1.91 bits per heavy atom. The lowest BCUT2D eigenvalue weighted by Crippen LogP contribution is -2.22. The van der Waals surface area contributed by atoms with Gasteiger partial charge in [-0.05, 0) is 23.3 Å². The maximum absolute atomic E-state index is 13.6. The van der Waals surface area contributed by atoms with E-state index in [1.807, 2.05) is 36.4 Å². The third kappa shape index (κ3) is 2.55. The first-order valence-electron chi connectivity index (χ1n) is 7.44. The quantitative estimate of drug-likeness (QED) is 0.704. The van der Waals surface area contributed by atoms with Crippen molar-refractivity contribution in [1.29, 1.82) is 0 Å². The summed E-state index contributed by atoms with van der Waals surface area (Å²) in [5, 5.41) is 5.07. The summed E-state index contributed by atoms with van der Waals surface area (Å²) >= 11 is 1.62. The monoisotopic (exact) mass is 323 g/mol. The van der Waals surface area contributed by atoms with E-state index in [9.17, 15) is 9.18 Å². The first-order valence-corrected chi connectivity index (χ1v) is 8.32. The molecule has 2 aromatic carbocycles. The third-order valence-corrected chi connectivity index (χ3v) is 5.22. The van der Waals surface area contributed by atoms with Crippen LogP contribution in [0.1, 0.15) is 22.8 Å². The van der Waals surface area contributed by atoms with Gasteiger partial charge in [0.15, 0.2) is 0 Å². The SMILES string of the molecule is O=C1C[C@@H](c2cccc(F)c2)c2scc(-c3ccccc3)c2N1. The van der Waals surface area contributed by atoms with E-state index in [2.05, 4.69) is 10.7 Å². The molecule has 2 nitrogen and oxygen atoms in total. The predicted molar refractivity (Wildman–Crippen MR) is 91.2 cm³/mol. The van der Waals surface area contributed by atoms with Crippen LogP contribution in [0, 0.1) is 5.82 Å². The van der Waals surface area contributed by atoms with Crippen LogP contribution >= 0.6 is 11.3 Å². The molecule has 0 bridgehead atoms. The van der Waals surface area contributed by atoms with E-state index in [-0.39, 0.29) is 17.6 Å². The Morgan fingerprint density at radius 1 is 1.09 bits per heavy atom. The van der Waals surface area contributed by atoms with E-state index < -0.39 is 0 Å². The molecule has 0 fully saturated rings. The Kier molecular flexibility index (Phi) is 3.46. The van der Waals surface area contributed by atoms with Gasteiger partial charge in [0.1, 0.15) is 5.82 Å². The van der Waals surface area contributed by atoms with Crippen molar-refractivity contribution in [2.75, 3.05) is 5.32 Å². The number of hydrogen-bond acceptors (Lipinski definition) is 2. The van der Waals surface area contributed by atoms with Crippen molar-refractivity contribution in [1.82, 2.24) is 0 Å². The molecule has 0 radical (unpaired) electrons. The Balaban J connectivity index is 1.83. The maximum atomic E-state index is 13.6. The zero-order valence-electron chi connectivity index (χ0n) is 12.3. The van der Waals surface area contributed by atoms with Gasteiger partial charge in [-0.2, -0.15) is 0 Å². The van der Waals surface area contributed by atoms with Crippen molar-refractivity contribution in [3.8, 4) is 11.1 Å². The van der Waals surface area contributed by atoms with Crippen molar-refractivity contribution in [2.45, 2.75) is 12.3 Å². The Morgan fingerprint density at radius 3 is 2.70 bits per heavy atom. The number of rotatable bonds is 2. The van der Waals surface area contributed by atoms with Crippen LogP contribution < -0.4 is 5.32 Å². The number of anilines is 1. The number of amides is 1. The molecule has 0 unspecified atom stereocenters. The summed E-state index contributed by atoms with van der Waals surface area (Å²) in [5.41, 5.74) is 3.82. The van der Waals surface area contributed by atoms with E-state index in [4.69, 9.17) is 0 Å². The van der Waals surface area contributed by atoms with Crippen molar-refractivity contribution in [3.05, 3.63) is 76.2 Å². The van der Waals surface area contributed by atoms with Crippen molar-refractivity contribution < 1.29 is 9.18 Å². The molecule has 2 heterocycles. The van der Waals surface area contributed by atoms with Gasteiger partial charge in [0, 0.05) is 28.2 Å². The Hall–Kier alpha value is -2.46. The lowest BCUT2D eigenvalue weighted by Gasteiger charge is -2.24. The second-order valence-corrected chi connectivity index (χ2v) is 6.53. The van der Waals surface area contributed by atoms with Gasteiger partial charge in [-0.25, -0.2) is 4.39 Å². The number of carbonyl (C=O) groups is 1. The molecule has 114 valence electrons. The van der Waals surface area contributed by atoms with Crippen molar-refractivity contribution >= 4 is 22.9 Å². The average Bonchev–Trinajstić information content (AvgIpc) is 2.98. The van der Waals surface area contributed by atoms with Gasteiger partial charge in [0.25, 0.3) is 0 Å². The molecule has 3 aromatic rings. The van der Waals surface area contributed by atoms with Gasteiger partial charge < -0.3 is 5.32 Å². The molecule has 0 saturated heterocycles. The summed E-state index contributed by atoms with van der Waals surface area (Å²) in [7, 11) is 0. The van der Waals surface area contributed by atoms with Crippen LogP contribution in [0.25, 0.3) is 11.1 Å². The normalized spacial score (nSPS) is 16.7. The maximum Gasteiger partial charge on any atom is 0.225 e. The van der Waals surface area contributed by atoms with Gasteiger partial charge in [-0.3, -0.25) is 4.79 Å². The van der Waals surface area contributed by atoms with E-state index in [1.54, 1.807) is 17.4 Å². The minimum atomic E-state index is -0.269. The van der Waals surface area contributed by atoms with E-state index in [1.165, 1.54) is 12.1 Å². The first-order chi connectivity index (χ1) is 11.2. The summed E-state index contributed by atoms with van der Waals surface area (Å²) < 4.78 is 13.6. The van der Waals surface area contributed by atoms with Gasteiger partial charge in [0.05, 0.1) is 5.69 Å². The van der Waals surface area contributed by atoms with E-state index in [0.717, 1.165) is 27.3 Å². The second kappa shape index (κ2) is 5.63. The highest BCUT2D eigenvalue weighted by Gasteiger charge is 2.30. The third-order valence-electron chi connectivity index (χ3n) is 4.13. The van der Waals surface area contributed by atoms with Crippen molar-refractivity contribution in [2.24, 2.45) is 0 Å². The molecule has 1 aromatic heterocycles. The number of thiophene rings is 1. The van der Waals surface area contributed by atoms with Crippen LogP contribution in [0.2, 0.25) is 0 Å². The molecule has 1 N–H and O–H groups in total. The number of benzene rings is 2. The minimum absolute atomic E-state index is 0.0256. The summed E-state index contributed by atoms with van der Waals surface area (Å²) in [6.45, 7) is 0. The van der Waals surface area contributed by atoms with Crippen LogP contribution in [0.3, 0.4) is 0 Å². The first kappa shape index (κ1) is 14.2. The molecule has 1 aliphatic rings. The van der Waals surface area contributed by atoms with Crippen LogP contribution in [0.15, 0.2) is 60.0 Å². The molecule has 1 amide bonds. The fourth-order valence-electron chi connectivity index (χ4n) is 3.05. The number of fused-ring (bicyclic) bond motifs is 1. The number of nitrogens with one attached hydrogen (secondary N) is 1. The Labute approximate surface area is 137 Å². The van der Waals surface area contributed by atoms with E-state index >= 15 is 0 Å². The number of halogens is 1. The fourth-order valence-corrected chi connectivity index (χ4v) is 4.21. The second-order valence-electron chi connectivity index (χ2n) is 5.61. The molecular formula is C19H14FNOS. The molecule has 4 heteroatoms. The highest BCUT2D eigenvalue weighted by Crippen LogP contribution is 2.46. The number of carbonyl (C=O) groups excluding carboxylic acids is 1. The van der Waals surface area contributed by atoms with Crippen LogP contribution in [0.4, 0.5) is 10.1 Å². The fraction of sp³-hybridized carbons (Fsp3) is 0.105. The topological polar surface area (TPSA) is 29.1 Å². The van der Waals surface area contributed by atoms with E-state index in [0.29, 0.717) is 6.42 Å². The minimum Gasteiger partial charge on any atom is -0.325 e. The molecule has 1 atom stereocenters. The smallest absolute Gasteiger partial charge is 0.225 e. The largest absolute Gasteiger partial charge is 0.325 e. The average molecular weight is 323 g/mol. The zero-order chi connectivity index (χ0) is 15.8. The Bertz CT molecular complexity index is 872. The van der Waals surface area contributed by atoms with Gasteiger partial charge in [-0.1, -0.05) is 42.5 Å². The predicted octanol–water partition coefficient (Wildman–Crippen LogP) is 5.03. The summed E-state index contributed by atoms with van der Waals surface area (Å²) in [4.78, 5) is 13.3. The van der Waals surface area contributed by atoms with Crippen LogP contribution in [-0.2, 0) is 4.79 Å². The zero-order valence-corrected chi connectivity index (χ0v) is 13.1. The lowest BCUT2D eigenvalue weighted by molar-refractivity contribution is -0.116. The van der Waals surface area contributed by atoms with Gasteiger partial charge in [-0.15, -0.1) is 11.3 Å². The molecule has 0 saturated carbocycles.